The van der Waals surface area contributed by atoms with Crippen LogP contribution in [0.15, 0.2) is 75.8 Å². The second-order valence-electron chi connectivity index (χ2n) is 7.86. The first-order chi connectivity index (χ1) is 17.5. The quantitative estimate of drug-likeness (QED) is 0.170. The van der Waals surface area contributed by atoms with Crippen LogP contribution in [-0.4, -0.2) is 31.1 Å². The summed E-state index contributed by atoms with van der Waals surface area (Å²) in [5, 5.41) is 22.9. The first-order valence-electron chi connectivity index (χ1n) is 10.6. The number of hydrogen-bond acceptors (Lipinski definition) is 7. The lowest BCUT2D eigenvalue weighted by Gasteiger charge is -2.13. The van der Waals surface area contributed by atoms with Crippen molar-refractivity contribution in [2.24, 2.45) is 10.2 Å². The number of aromatic hydroxyl groups is 1. The molecule has 3 N–H and O–H groups in total. The highest BCUT2D eigenvalue weighted by Crippen LogP contribution is 2.42. The Bertz CT molecular complexity index is 1690. The zero-order valence-electron chi connectivity index (χ0n) is 19.4. The monoisotopic (exact) mass is 559 g/mol. The lowest BCUT2D eigenvalue weighted by atomic mass is 10.0. The Kier molecular flexibility index (Phi) is 7.37. The summed E-state index contributed by atoms with van der Waals surface area (Å²) in [6.45, 7) is 1.56. The van der Waals surface area contributed by atoms with Crippen LogP contribution in [0.4, 0.5) is 17.1 Å². The lowest BCUT2D eigenvalue weighted by Crippen LogP contribution is -2.13. The molecule has 1 amide bonds. The summed E-state index contributed by atoms with van der Waals surface area (Å²) in [5.74, 6) is -0.834. The molecule has 0 aromatic heterocycles. The molecule has 0 atom stereocenters. The molecule has 0 aliphatic rings. The fraction of sp³-hybridized carbons (Fsp3) is 0.0800. The van der Waals surface area contributed by atoms with Gasteiger partial charge in [-0.05, 0) is 48.2 Å². The predicted molar refractivity (Wildman–Crippen MR) is 142 cm³/mol. The second kappa shape index (κ2) is 10.3. The Morgan fingerprint density at radius 2 is 1.70 bits per heavy atom. The summed E-state index contributed by atoms with van der Waals surface area (Å²) in [6, 6.07) is 15.8. The van der Waals surface area contributed by atoms with E-state index < -0.39 is 26.7 Å². The lowest BCUT2D eigenvalue weighted by molar-refractivity contribution is 0.102. The van der Waals surface area contributed by atoms with Crippen molar-refractivity contribution in [2.75, 3.05) is 12.4 Å². The highest BCUT2D eigenvalue weighted by molar-refractivity contribution is 7.86. The largest absolute Gasteiger partial charge is 0.505 e. The third-order valence-electron chi connectivity index (χ3n) is 5.44. The Balaban J connectivity index is 1.87. The average molecular weight is 560 g/mol. The third kappa shape index (κ3) is 5.37. The molecule has 0 spiro atoms. The summed E-state index contributed by atoms with van der Waals surface area (Å²) in [6.07, 6.45) is 0. The number of nitrogens with one attached hydrogen (secondary N) is 1. The smallest absolute Gasteiger partial charge is 0.298 e. The molecule has 4 aromatic rings. The number of carbonyl (C=O) groups is 1. The average Bonchev–Trinajstić information content (AvgIpc) is 2.84. The molecule has 37 heavy (non-hydrogen) atoms. The number of amides is 1. The standard InChI is InChI=1S/C25H19Cl2N3O6S/c1-13-7-9-18(27)24(37(33,34)35)21(13)29-30-22-16-6-4-3-5-14(16)11-17(23(22)31)25(32)28-19-12-15(26)8-10-20(19)36-2/h3-12,31H,1-2H3,(H,28,32)(H,33,34,35). The van der Waals surface area contributed by atoms with Crippen LogP contribution in [0.3, 0.4) is 0 Å². The molecule has 0 aliphatic heterocycles. The van der Waals surface area contributed by atoms with Gasteiger partial charge < -0.3 is 15.2 Å². The molecule has 4 rings (SSSR count). The maximum absolute atomic E-state index is 13.2. The van der Waals surface area contributed by atoms with Gasteiger partial charge in [0.05, 0.1) is 23.4 Å². The summed E-state index contributed by atoms with van der Waals surface area (Å²) in [7, 11) is -3.31. The predicted octanol–water partition coefficient (Wildman–Crippen LogP) is 7.08. The van der Waals surface area contributed by atoms with Crippen molar-refractivity contribution in [1.82, 2.24) is 0 Å². The van der Waals surface area contributed by atoms with E-state index in [9.17, 15) is 22.9 Å². The van der Waals surface area contributed by atoms with Gasteiger partial charge in [-0.2, -0.15) is 8.42 Å². The van der Waals surface area contributed by atoms with Crippen LogP contribution in [0.2, 0.25) is 10.0 Å². The normalized spacial score (nSPS) is 11.7. The molecule has 9 nitrogen and oxygen atoms in total. The van der Waals surface area contributed by atoms with Crippen LogP contribution in [0.25, 0.3) is 10.8 Å². The van der Waals surface area contributed by atoms with Crippen LogP contribution in [-0.2, 0) is 10.1 Å². The van der Waals surface area contributed by atoms with Crippen LogP contribution in [0, 0.1) is 6.92 Å². The van der Waals surface area contributed by atoms with Gasteiger partial charge in [0.25, 0.3) is 16.0 Å². The molecule has 0 radical (unpaired) electrons. The number of carbonyl (C=O) groups excluding carboxylic acids is 1. The molecule has 12 heteroatoms. The zero-order valence-corrected chi connectivity index (χ0v) is 21.7. The van der Waals surface area contributed by atoms with Gasteiger partial charge >= 0.3 is 0 Å². The van der Waals surface area contributed by atoms with Crippen molar-refractivity contribution >= 4 is 67.1 Å². The minimum Gasteiger partial charge on any atom is -0.505 e. The number of aryl methyl sites for hydroxylation is 1. The molecular weight excluding hydrogens is 541 g/mol. The topological polar surface area (TPSA) is 138 Å². The minimum atomic E-state index is -4.74. The first kappa shape index (κ1) is 26.4. The molecule has 0 saturated carbocycles. The van der Waals surface area contributed by atoms with Crippen LogP contribution in [0.5, 0.6) is 11.5 Å². The van der Waals surface area contributed by atoms with Gasteiger partial charge in [0.15, 0.2) is 5.75 Å². The van der Waals surface area contributed by atoms with E-state index in [1.807, 2.05) is 0 Å². The van der Waals surface area contributed by atoms with Crippen molar-refractivity contribution in [2.45, 2.75) is 11.8 Å². The van der Waals surface area contributed by atoms with Gasteiger partial charge in [0, 0.05) is 10.4 Å². The molecule has 0 unspecified atom stereocenters. The molecule has 0 saturated heterocycles. The Morgan fingerprint density at radius 1 is 1.00 bits per heavy atom. The Labute approximate surface area is 222 Å². The molecule has 190 valence electrons. The maximum atomic E-state index is 13.2. The van der Waals surface area contributed by atoms with Gasteiger partial charge in [0.2, 0.25) is 0 Å². The molecule has 4 aromatic carbocycles. The number of benzene rings is 4. The van der Waals surface area contributed by atoms with E-state index in [2.05, 4.69) is 15.5 Å². The fourth-order valence-electron chi connectivity index (χ4n) is 3.67. The third-order valence-corrected chi connectivity index (χ3v) is 7.03. The van der Waals surface area contributed by atoms with E-state index in [-0.39, 0.29) is 27.6 Å². The van der Waals surface area contributed by atoms with E-state index >= 15 is 0 Å². The SMILES string of the molecule is COc1ccc(Cl)cc1NC(=O)c1cc2ccccc2c(N=Nc2c(C)ccc(Cl)c2S(=O)(=O)O)c1O. The van der Waals surface area contributed by atoms with Crippen molar-refractivity contribution < 1.29 is 27.6 Å². The summed E-state index contributed by atoms with van der Waals surface area (Å²) in [5.41, 5.74) is 0.195. The van der Waals surface area contributed by atoms with Crippen molar-refractivity contribution in [3.63, 3.8) is 0 Å². The van der Waals surface area contributed by atoms with Gasteiger partial charge in [-0.15, -0.1) is 10.2 Å². The van der Waals surface area contributed by atoms with Crippen LogP contribution in [0.1, 0.15) is 15.9 Å². The number of phenolic OH excluding ortho intramolecular Hbond substituents is 1. The summed E-state index contributed by atoms with van der Waals surface area (Å²) < 4.78 is 38.9. The summed E-state index contributed by atoms with van der Waals surface area (Å²) >= 11 is 12.1. The van der Waals surface area contributed by atoms with E-state index in [4.69, 9.17) is 27.9 Å². The van der Waals surface area contributed by atoms with E-state index in [0.29, 0.717) is 27.1 Å². The van der Waals surface area contributed by atoms with E-state index in [1.165, 1.54) is 31.4 Å². The molecule has 0 bridgehead atoms. The Hall–Kier alpha value is -3.70. The van der Waals surface area contributed by atoms with Crippen molar-refractivity contribution in [3.05, 3.63) is 81.8 Å². The number of phenols is 1. The van der Waals surface area contributed by atoms with Crippen molar-refractivity contribution in [1.29, 1.82) is 0 Å². The van der Waals surface area contributed by atoms with Gasteiger partial charge in [0.1, 0.15) is 22.0 Å². The highest BCUT2D eigenvalue weighted by atomic mass is 35.5. The number of anilines is 1. The number of azo groups is 1. The van der Waals surface area contributed by atoms with Crippen molar-refractivity contribution in [3.8, 4) is 11.5 Å². The number of halogens is 2. The molecule has 0 fully saturated rings. The van der Waals surface area contributed by atoms with Gasteiger partial charge in [-0.25, -0.2) is 0 Å². The number of methoxy groups -OCH3 is 1. The first-order valence-corrected chi connectivity index (χ1v) is 12.8. The Morgan fingerprint density at radius 3 is 2.41 bits per heavy atom. The molecular formula is C25H19Cl2N3O6S. The molecule has 0 heterocycles. The second-order valence-corrected chi connectivity index (χ2v) is 10.1. The number of rotatable bonds is 6. The number of nitrogens with zero attached hydrogens (tertiary/aromatic N) is 2. The van der Waals surface area contributed by atoms with Crippen LogP contribution < -0.4 is 10.1 Å². The fourth-order valence-corrected chi connectivity index (χ4v) is 5.05. The number of ether oxygens (including phenoxy) is 1. The van der Waals surface area contributed by atoms with Gasteiger partial charge in [-0.1, -0.05) is 53.5 Å². The highest BCUT2D eigenvalue weighted by Gasteiger charge is 2.23. The maximum Gasteiger partial charge on any atom is 0.298 e. The number of hydrogen-bond donors (Lipinski definition) is 3. The van der Waals surface area contributed by atoms with E-state index in [0.717, 1.165) is 0 Å². The number of fused-ring (bicyclic) bond motifs is 1. The minimum absolute atomic E-state index is 0.0954. The zero-order chi connectivity index (χ0) is 26.9. The molecule has 0 aliphatic carbocycles. The summed E-state index contributed by atoms with van der Waals surface area (Å²) in [4.78, 5) is 12.6. The van der Waals surface area contributed by atoms with Crippen LogP contribution >= 0.6 is 23.2 Å². The van der Waals surface area contributed by atoms with Gasteiger partial charge in [-0.3, -0.25) is 9.35 Å². The van der Waals surface area contributed by atoms with E-state index in [1.54, 1.807) is 43.3 Å².